The predicted octanol–water partition coefficient (Wildman–Crippen LogP) is 1.98. The van der Waals surface area contributed by atoms with E-state index >= 15 is 0 Å². The first-order valence-electron chi connectivity index (χ1n) is 4.83. The fraction of sp³-hybridized carbons (Fsp3) is 0.700. The largest absolute Gasteiger partial charge is 0.463 e. The molecule has 1 heterocycles. The molecule has 1 saturated carbocycles. The lowest BCUT2D eigenvalue weighted by molar-refractivity contribution is -0.137. The summed E-state index contributed by atoms with van der Waals surface area (Å²) in [5.41, 5.74) is 0. The van der Waals surface area contributed by atoms with E-state index in [0.29, 0.717) is 11.7 Å². The second kappa shape index (κ2) is 3.40. The molecule has 0 amide bonds. The van der Waals surface area contributed by atoms with Crippen LogP contribution in [0.3, 0.4) is 0 Å². The van der Waals surface area contributed by atoms with Gasteiger partial charge in [0.05, 0.1) is 7.11 Å². The van der Waals surface area contributed by atoms with E-state index in [0.717, 1.165) is 18.6 Å². The van der Waals surface area contributed by atoms with Gasteiger partial charge in [-0.2, -0.15) is 0 Å². The summed E-state index contributed by atoms with van der Waals surface area (Å²) in [6.07, 6.45) is 6.15. The molecule has 0 N–H and O–H groups in total. The molecule has 0 radical (unpaired) electrons. The summed E-state index contributed by atoms with van der Waals surface area (Å²) < 4.78 is 9.74. The normalized spacial score (nSPS) is 22.5. The highest BCUT2D eigenvalue weighted by molar-refractivity contribution is 5.90. The SMILES string of the molecule is COC(=O)C1=C(C2CCCCC2)O1. The lowest BCUT2D eigenvalue weighted by atomic mass is 9.89. The standard InChI is InChI=1S/C10H14O3/c1-12-10(11)9-8(13-9)7-5-3-2-4-6-7/h7H,2-6H2,1H3. The Morgan fingerprint density at radius 3 is 2.69 bits per heavy atom. The van der Waals surface area contributed by atoms with Crippen molar-refractivity contribution >= 4 is 5.97 Å². The number of carbonyl (C=O) groups is 1. The van der Waals surface area contributed by atoms with Gasteiger partial charge in [-0.1, -0.05) is 19.3 Å². The van der Waals surface area contributed by atoms with Crippen molar-refractivity contribution in [3.05, 3.63) is 11.5 Å². The van der Waals surface area contributed by atoms with Crippen molar-refractivity contribution in [3.63, 3.8) is 0 Å². The van der Waals surface area contributed by atoms with Crippen molar-refractivity contribution in [2.45, 2.75) is 32.1 Å². The van der Waals surface area contributed by atoms with Gasteiger partial charge in [0.1, 0.15) is 0 Å². The van der Waals surface area contributed by atoms with Crippen LogP contribution in [0, 0.1) is 5.92 Å². The minimum absolute atomic E-state index is 0.319. The fourth-order valence-electron chi connectivity index (χ4n) is 1.95. The van der Waals surface area contributed by atoms with E-state index in [4.69, 9.17) is 4.74 Å². The molecule has 0 spiro atoms. The van der Waals surface area contributed by atoms with Gasteiger partial charge in [0.2, 0.25) is 0 Å². The highest BCUT2D eigenvalue weighted by atomic mass is 16.6. The molecule has 13 heavy (non-hydrogen) atoms. The molecule has 0 unspecified atom stereocenters. The Kier molecular flexibility index (Phi) is 2.25. The summed E-state index contributed by atoms with van der Waals surface area (Å²) in [7, 11) is 1.38. The molecule has 0 bridgehead atoms. The smallest absolute Gasteiger partial charge is 0.377 e. The fourth-order valence-corrected chi connectivity index (χ4v) is 1.95. The van der Waals surface area contributed by atoms with E-state index in [1.54, 1.807) is 0 Å². The van der Waals surface area contributed by atoms with E-state index in [1.807, 2.05) is 0 Å². The Hall–Kier alpha value is -0.990. The van der Waals surface area contributed by atoms with Gasteiger partial charge in [0, 0.05) is 5.92 Å². The van der Waals surface area contributed by atoms with Gasteiger partial charge >= 0.3 is 5.97 Å². The van der Waals surface area contributed by atoms with Crippen LogP contribution < -0.4 is 0 Å². The number of hydrogen-bond donors (Lipinski definition) is 0. The first kappa shape index (κ1) is 8.60. The van der Waals surface area contributed by atoms with E-state index in [9.17, 15) is 4.79 Å². The number of carbonyl (C=O) groups excluding carboxylic acids is 1. The second-order valence-electron chi connectivity index (χ2n) is 3.62. The van der Waals surface area contributed by atoms with Crippen molar-refractivity contribution in [3.8, 4) is 0 Å². The van der Waals surface area contributed by atoms with Crippen LogP contribution in [-0.4, -0.2) is 13.1 Å². The molecule has 0 aromatic carbocycles. The van der Waals surface area contributed by atoms with Crippen LogP contribution in [0.2, 0.25) is 0 Å². The van der Waals surface area contributed by atoms with Gasteiger partial charge in [-0.05, 0) is 12.8 Å². The summed E-state index contributed by atoms with van der Waals surface area (Å²) >= 11 is 0. The molecule has 2 aliphatic rings. The molecular formula is C10H14O3. The maximum atomic E-state index is 11.0. The maximum absolute atomic E-state index is 11.0. The summed E-state index contributed by atoms with van der Waals surface area (Å²) in [5, 5.41) is 0. The summed E-state index contributed by atoms with van der Waals surface area (Å²) in [4.78, 5) is 11.0. The van der Waals surface area contributed by atoms with Crippen LogP contribution >= 0.6 is 0 Å². The third-order valence-corrected chi connectivity index (χ3v) is 2.74. The van der Waals surface area contributed by atoms with Crippen molar-refractivity contribution in [2.75, 3.05) is 7.11 Å². The van der Waals surface area contributed by atoms with Gasteiger partial charge in [0.25, 0.3) is 5.76 Å². The van der Waals surface area contributed by atoms with Gasteiger partial charge in [0.15, 0.2) is 5.76 Å². The van der Waals surface area contributed by atoms with Gasteiger partial charge < -0.3 is 9.47 Å². The van der Waals surface area contributed by atoms with Crippen molar-refractivity contribution < 1.29 is 14.3 Å². The maximum Gasteiger partial charge on any atom is 0.377 e. The summed E-state index contributed by atoms with van der Waals surface area (Å²) in [6.45, 7) is 0. The molecule has 3 heteroatoms. The summed E-state index contributed by atoms with van der Waals surface area (Å²) in [5.74, 6) is 1.53. The molecule has 0 aromatic heterocycles. The summed E-state index contributed by atoms with van der Waals surface area (Å²) in [6, 6.07) is 0. The van der Waals surface area contributed by atoms with Gasteiger partial charge in [-0.3, -0.25) is 0 Å². The average Bonchev–Trinajstić information content (AvgIpc) is 2.98. The van der Waals surface area contributed by atoms with Crippen LogP contribution in [-0.2, 0) is 14.3 Å². The molecule has 1 fully saturated rings. The third kappa shape index (κ3) is 1.69. The molecule has 1 aliphatic carbocycles. The average molecular weight is 182 g/mol. The molecule has 3 nitrogen and oxygen atoms in total. The number of ether oxygens (including phenoxy) is 2. The third-order valence-electron chi connectivity index (χ3n) is 2.74. The van der Waals surface area contributed by atoms with Gasteiger partial charge in [-0.25, -0.2) is 4.79 Å². The number of esters is 1. The van der Waals surface area contributed by atoms with Crippen LogP contribution in [0.5, 0.6) is 0 Å². The monoisotopic (exact) mass is 182 g/mol. The first-order chi connectivity index (χ1) is 6.33. The molecule has 0 aromatic rings. The predicted molar refractivity (Wildman–Crippen MR) is 46.7 cm³/mol. The van der Waals surface area contributed by atoms with Crippen molar-refractivity contribution in [1.82, 2.24) is 0 Å². The Balaban J connectivity index is 1.95. The van der Waals surface area contributed by atoms with E-state index in [2.05, 4.69) is 4.74 Å². The number of rotatable bonds is 2. The lowest BCUT2D eigenvalue weighted by Gasteiger charge is -2.16. The molecule has 72 valence electrons. The number of hydrogen-bond acceptors (Lipinski definition) is 3. The zero-order valence-electron chi connectivity index (χ0n) is 7.84. The first-order valence-corrected chi connectivity index (χ1v) is 4.83. The number of allylic oxidation sites excluding steroid dienone is 1. The lowest BCUT2D eigenvalue weighted by Crippen LogP contribution is -2.04. The Morgan fingerprint density at radius 2 is 2.08 bits per heavy atom. The molecule has 1 aliphatic heterocycles. The van der Waals surface area contributed by atoms with Gasteiger partial charge in [-0.15, -0.1) is 0 Å². The van der Waals surface area contributed by atoms with Crippen molar-refractivity contribution in [1.29, 1.82) is 0 Å². The second-order valence-corrected chi connectivity index (χ2v) is 3.62. The highest BCUT2D eigenvalue weighted by Crippen LogP contribution is 2.41. The molecule has 0 atom stereocenters. The minimum atomic E-state index is -0.319. The van der Waals surface area contributed by atoms with Crippen LogP contribution in [0.4, 0.5) is 0 Å². The highest BCUT2D eigenvalue weighted by Gasteiger charge is 2.38. The quantitative estimate of drug-likeness (QED) is 0.613. The van der Waals surface area contributed by atoms with Crippen LogP contribution in [0.1, 0.15) is 32.1 Å². The Morgan fingerprint density at radius 1 is 1.38 bits per heavy atom. The van der Waals surface area contributed by atoms with E-state index in [1.165, 1.54) is 26.4 Å². The van der Waals surface area contributed by atoms with E-state index < -0.39 is 0 Å². The van der Waals surface area contributed by atoms with Crippen LogP contribution in [0.25, 0.3) is 0 Å². The molecular weight excluding hydrogens is 168 g/mol. The van der Waals surface area contributed by atoms with Crippen LogP contribution in [0.15, 0.2) is 11.5 Å². The topological polar surface area (TPSA) is 38.8 Å². The Labute approximate surface area is 77.7 Å². The molecule has 0 saturated heterocycles. The zero-order valence-corrected chi connectivity index (χ0v) is 7.84. The minimum Gasteiger partial charge on any atom is -0.463 e. The molecule has 2 rings (SSSR count). The number of methoxy groups -OCH3 is 1. The zero-order chi connectivity index (χ0) is 9.26. The van der Waals surface area contributed by atoms with Crippen molar-refractivity contribution in [2.24, 2.45) is 5.92 Å². The van der Waals surface area contributed by atoms with E-state index in [-0.39, 0.29) is 5.97 Å². The Bertz CT molecular complexity index is 249.